The van der Waals surface area contributed by atoms with Crippen LogP contribution in [-0.4, -0.2) is 54.7 Å². The second kappa shape index (κ2) is 10.5. The van der Waals surface area contributed by atoms with Crippen molar-refractivity contribution in [1.82, 2.24) is 0 Å². The lowest BCUT2D eigenvalue weighted by molar-refractivity contribution is 0.0190. The number of ether oxygens (including phenoxy) is 2. The minimum atomic E-state index is -1.16. The van der Waals surface area contributed by atoms with Gasteiger partial charge in [0.2, 0.25) is 0 Å². The molecule has 39 heavy (non-hydrogen) atoms. The molecule has 0 saturated heterocycles. The fourth-order valence-corrected chi connectivity index (χ4v) is 4.91. The first kappa shape index (κ1) is 27.7. The highest BCUT2D eigenvalue weighted by atomic mass is 16.5. The molecule has 208 valence electrons. The third-order valence-corrected chi connectivity index (χ3v) is 7.37. The zero-order valence-corrected chi connectivity index (χ0v) is 22.0. The number of aliphatic hydroxyl groups is 1. The van der Waals surface area contributed by atoms with Gasteiger partial charge in [-0.05, 0) is 31.0 Å². The summed E-state index contributed by atoms with van der Waals surface area (Å²) in [5.74, 6) is -3.12. The summed E-state index contributed by atoms with van der Waals surface area (Å²) in [7, 11) is 1.33. The van der Waals surface area contributed by atoms with Crippen molar-refractivity contribution < 1.29 is 50.0 Å². The second-order valence-electron chi connectivity index (χ2n) is 9.82. The van der Waals surface area contributed by atoms with E-state index in [1.807, 2.05) is 6.92 Å². The first-order valence-electron chi connectivity index (χ1n) is 12.5. The monoisotopic (exact) mass is 540 g/mol. The SMILES string of the molecule is CCC(C)C(=O)c1c(O)c(Cc2c(O)cc(O)c3c2O[C@H](c2ccc(O)c(O)c2)[C@H](O)C3)c(O)c(C)c1OC. The van der Waals surface area contributed by atoms with Crippen LogP contribution in [0.15, 0.2) is 24.3 Å². The number of carbonyl (C=O) groups is 1. The van der Waals surface area contributed by atoms with Crippen LogP contribution in [0.1, 0.15) is 64.5 Å². The predicted octanol–water partition coefficient (Wildman–Crippen LogP) is 4.09. The quantitative estimate of drug-likeness (QED) is 0.171. The summed E-state index contributed by atoms with van der Waals surface area (Å²) < 4.78 is 11.4. The molecular weight excluding hydrogens is 508 g/mol. The molecule has 7 N–H and O–H groups in total. The average Bonchev–Trinajstić information content (AvgIpc) is 2.90. The summed E-state index contributed by atoms with van der Waals surface area (Å²) in [5, 5.41) is 74.0. The van der Waals surface area contributed by atoms with E-state index in [-0.39, 0.29) is 75.2 Å². The largest absolute Gasteiger partial charge is 0.507 e. The first-order chi connectivity index (χ1) is 18.4. The van der Waals surface area contributed by atoms with Gasteiger partial charge < -0.3 is 45.2 Å². The number of benzene rings is 3. The van der Waals surface area contributed by atoms with E-state index in [2.05, 4.69) is 0 Å². The van der Waals surface area contributed by atoms with Crippen LogP contribution in [0.3, 0.4) is 0 Å². The van der Waals surface area contributed by atoms with E-state index in [1.165, 1.54) is 32.2 Å². The Morgan fingerprint density at radius 3 is 2.31 bits per heavy atom. The highest BCUT2D eigenvalue weighted by Gasteiger charge is 2.36. The molecule has 0 saturated carbocycles. The molecule has 3 aromatic carbocycles. The first-order valence-corrected chi connectivity index (χ1v) is 12.5. The lowest BCUT2D eigenvalue weighted by Gasteiger charge is -2.33. The fraction of sp³-hybridized carbons (Fsp3) is 0.345. The van der Waals surface area contributed by atoms with E-state index in [1.54, 1.807) is 6.92 Å². The Morgan fingerprint density at radius 1 is 1.00 bits per heavy atom. The number of aromatic hydroxyl groups is 6. The number of aliphatic hydroxyl groups excluding tert-OH is 1. The van der Waals surface area contributed by atoms with Gasteiger partial charge in [-0.2, -0.15) is 0 Å². The average molecular weight is 541 g/mol. The van der Waals surface area contributed by atoms with Gasteiger partial charge in [-0.1, -0.05) is 19.9 Å². The molecule has 1 unspecified atom stereocenters. The predicted molar refractivity (Wildman–Crippen MR) is 140 cm³/mol. The normalized spacial score (nSPS) is 17.3. The zero-order valence-electron chi connectivity index (χ0n) is 22.0. The molecule has 0 aromatic heterocycles. The molecule has 1 aliphatic heterocycles. The molecular formula is C29H32O10. The Labute approximate surface area is 225 Å². The molecule has 1 aliphatic rings. The molecule has 0 spiro atoms. The van der Waals surface area contributed by atoms with E-state index in [4.69, 9.17) is 9.47 Å². The molecule has 0 amide bonds. The van der Waals surface area contributed by atoms with Crippen LogP contribution in [0.4, 0.5) is 0 Å². The molecule has 0 bridgehead atoms. The van der Waals surface area contributed by atoms with Gasteiger partial charge in [0.1, 0.15) is 46.2 Å². The summed E-state index contributed by atoms with van der Waals surface area (Å²) in [6.07, 6.45) is -2.09. The van der Waals surface area contributed by atoms with Crippen molar-refractivity contribution in [2.45, 2.75) is 52.2 Å². The minimum absolute atomic E-state index is 0.0115. The molecule has 1 heterocycles. The van der Waals surface area contributed by atoms with Gasteiger partial charge in [-0.3, -0.25) is 4.79 Å². The summed E-state index contributed by atoms with van der Waals surface area (Å²) in [6, 6.07) is 5.00. The molecule has 3 atom stereocenters. The van der Waals surface area contributed by atoms with E-state index in [0.29, 0.717) is 12.0 Å². The number of rotatable bonds is 7. The van der Waals surface area contributed by atoms with Crippen molar-refractivity contribution in [2.75, 3.05) is 7.11 Å². The van der Waals surface area contributed by atoms with Crippen LogP contribution < -0.4 is 9.47 Å². The Bertz CT molecular complexity index is 1450. The van der Waals surface area contributed by atoms with Crippen molar-refractivity contribution in [2.24, 2.45) is 5.92 Å². The third kappa shape index (κ3) is 4.72. The van der Waals surface area contributed by atoms with E-state index in [0.717, 1.165) is 6.07 Å². The summed E-state index contributed by atoms with van der Waals surface area (Å²) in [6.45, 7) is 5.08. The van der Waals surface area contributed by atoms with Gasteiger partial charge in [0, 0.05) is 47.1 Å². The number of hydrogen-bond acceptors (Lipinski definition) is 10. The standard InChI is InChI=1S/C29H32O10/c1-5-12(2)24(35)23-26(37)17(25(36)13(3)27(23)38-4)9-15-19(31)11-20(32)16-10-22(34)28(39-29(15)16)14-6-7-18(30)21(33)8-14/h6-8,11-12,22,28,30-34,36-37H,5,9-10H2,1-4H3/t12?,22-,28-/m1/s1. The number of methoxy groups -OCH3 is 1. The van der Waals surface area contributed by atoms with Gasteiger partial charge in [-0.15, -0.1) is 0 Å². The number of fused-ring (bicyclic) bond motifs is 1. The third-order valence-electron chi connectivity index (χ3n) is 7.37. The fourth-order valence-electron chi connectivity index (χ4n) is 4.91. The Morgan fingerprint density at radius 2 is 1.69 bits per heavy atom. The van der Waals surface area contributed by atoms with Crippen molar-refractivity contribution in [3.05, 3.63) is 57.6 Å². The molecule has 0 radical (unpaired) electrons. The Hall–Kier alpha value is -4.31. The molecule has 4 rings (SSSR count). The number of phenolic OH excluding ortho intramolecular Hbond substituents is 6. The number of ketones is 1. The zero-order chi connectivity index (χ0) is 28.8. The van der Waals surface area contributed by atoms with Crippen molar-refractivity contribution in [3.63, 3.8) is 0 Å². The number of Topliss-reactive ketones (excluding diaryl/α,β-unsaturated/α-hetero) is 1. The molecule has 10 nitrogen and oxygen atoms in total. The van der Waals surface area contributed by atoms with Crippen LogP contribution in [-0.2, 0) is 12.8 Å². The summed E-state index contributed by atoms with van der Waals surface area (Å²) in [5.41, 5.74) is 0.673. The molecule has 10 heteroatoms. The van der Waals surface area contributed by atoms with Gasteiger partial charge >= 0.3 is 0 Å². The maximum atomic E-state index is 13.2. The van der Waals surface area contributed by atoms with Crippen LogP contribution in [0.5, 0.6) is 46.0 Å². The van der Waals surface area contributed by atoms with E-state index < -0.39 is 35.4 Å². The highest BCUT2D eigenvalue weighted by Crippen LogP contribution is 2.50. The number of hydrogen-bond donors (Lipinski definition) is 7. The van der Waals surface area contributed by atoms with Gasteiger partial charge in [-0.25, -0.2) is 0 Å². The smallest absolute Gasteiger partial charge is 0.173 e. The van der Waals surface area contributed by atoms with Crippen molar-refractivity contribution in [1.29, 1.82) is 0 Å². The topological polar surface area (TPSA) is 177 Å². The van der Waals surface area contributed by atoms with Crippen molar-refractivity contribution >= 4 is 5.78 Å². The maximum absolute atomic E-state index is 13.2. The van der Waals surface area contributed by atoms with Crippen LogP contribution >= 0.6 is 0 Å². The summed E-state index contributed by atoms with van der Waals surface area (Å²) in [4.78, 5) is 13.2. The molecule has 0 aliphatic carbocycles. The Balaban J connectivity index is 1.87. The van der Waals surface area contributed by atoms with Crippen molar-refractivity contribution in [3.8, 4) is 46.0 Å². The molecule has 0 fully saturated rings. The number of carbonyl (C=O) groups excluding carboxylic acids is 1. The lowest BCUT2D eigenvalue weighted by atomic mass is 9.87. The van der Waals surface area contributed by atoms with Crippen LogP contribution in [0.2, 0.25) is 0 Å². The minimum Gasteiger partial charge on any atom is -0.507 e. The van der Waals surface area contributed by atoms with E-state index in [9.17, 15) is 40.5 Å². The Kier molecular flexibility index (Phi) is 7.43. The molecule has 3 aromatic rings. The number of phenols is 6. The van der Waals surface area contributed by atoms with Gasteiger partial charge in [0.25, 0.3) is 0 Å². The maximum Gasteiger partial charge on any atom is 0.173 e. The second-order valence-corrected chi connectivity index (χ2v) is 9.82. The summed E-state index contributed by atoms with van der Waals surface area (Å²) >= 11 is 0. The lowest BCUT2D eigenvalue weighted by Crippen LogP contribution is -2.31. The van der Waals surface area contributed by atoms with Gasteiger partial charge in [0.05, 0.1) is 13.2 Å². The van der Waals surface area contributed by atoms with E-state index >= 15 is 0 Å². The van der Waals surface area contributed by atoms with Crippen LogP contribution in [0, 0.1) is 12.8 Å². The van der Waals surface area contributed by atoms with Crippen LogP contribution in [0.25, 0.3) is 0 Å². The highest BCUT2D eigenvalue weighted by molar-refractivity contribution is 6.04. The van der Waals surface area contributed by atoms with Gasteiger partial charge in [0.15, 0.2) is 17.3 Å².